The van der Waals surface area contributed by atoms with E-state index in [1.54, 1.807) is 6.20 Å². The molecule has 0 spiro atoms. The quantitative estimate of drug-likeness (QED) is 0.753. The summed E-state index contributed by atoms with van der Waals surface area (Å²) in [5.74, 6) is 0. The van der Waals surface area contributed by atoms with Gasteiger partial charge in [0, 0.05) is 20.4 Å². The molecule has 0 aliphatic carbocycles. The summed E-state index contributed by atoms with van der Waals surface area (Å²) in [6.45, 7) is 0.290. The van der Waals surface area contributed by atoms with Crippen molar-refractivity contribution in [1.29, 1.82) is 0 Å². The number of rotatable bonds is 6. The van der Waals surface area contributed by atoms with Crippen LogP contribution in [0.15, 0.2) is 36.5 Å². The van der Waals surface area contributed by atoms with Crippen LogP contribution in [0.1, 0.15) is 5.56 Å². The first kappa shape index (κ1) is 14.2. The van der Waals surface area contributed by atoms with E-state index in [-0.39, 0.29) is 12.6 Å². The van der Waals surface area contributed by atoms with Crippen molar-refractivity contribution in [3.05, 3.63) is 42.1 Å². The Labute approximate surface area is 107 Å². The van der Waals surface area contributed by atoms with Crippen molar-refractivity contribution in [3.63, 3.8) is 0 Å². The van der Waals surface area contributed by atoms with Crippen LogP contribution >= 0.6 is 0 Å². The Morgan fingerprint density at radius 3 is 2.56 bits per heavy atom. The molecule has 0 unspecified atom stereocenters. The smallest absolute Gasteiger partial charge is 0.318 e. The van der Waals surface area contributed by atoms with Gasteiger partial charge >= 0.3 is 6.03 Å². The number of nitrogens with one attached hydrogen (secondary N) is 2. The molecule has 0 heterocycles. The molecule has 0 fully saturated rings. The minimum Gasteiger partial charge on any atom is -0.354 e. The van der Waals surface area contributed by atoms with E-state index in [0.29, 0.717) is 0 Å². The first-order valence-corrected chi connectivity index (χ1v) is 5.58. The zero-order valence-electron chi connectivity index (χ0n) is 10.6. The van der Waals surface area contributed by atoms with Gasteiger partial charge in [-0.25, -0.2) is 4.79 Å². The van der Waals surface area contributed by atoms with E-state index in [1.807, 2.05) is 36.4 Å². The van der Waals surface area contributed by atoms with Crippen LogP contribution in [-0.4, -0.2) is 33.1 Å². The van der Waals surface area contributed by atoms with Crippen LogP contribution in [0.2, 0.25) is 0 Å². The summed E-state index contributed by atoms with van der Waals surface area (Å²) >= 11 is 0. The Kier molecular flexibility index (Phi) is 6.53. The molecule has 1 aromatic rings. The maximum Gasteiger partial charge on any atom is 0.318 e. The van der Waals surface area contributed by atoms with Crippen molar-refractivity contribution in [1.82, 2.24) is 10.6 Å². The van der Waals surface area contributed by atoms with Crippen molar-refractivity contribution in [2.45, 2.75) is 6.29 Å². The van der Waals surface area contributed by atoms with Gasteiger partial charge in [-0.3, -0.25) is 0 Å². The predicted octanol–water partition coefficient (Wildman–Crippen LogP) is 1.58. The number of benzene rings is 1. The monoisotopic (exact) mass is 250 g/mol. The topological polar surface area (TPSA) is 59.6 Å². The number of ether oxygens (including phenoxy) is 2. The SMILES string of the molecule is COC(CNC(=O)N/C=C/c1ccccc1)OC. The number of carbonyl (C=O) groups is 1. The van der Waals surface area contributed by atoms with Crippen LogP contribution in [0, 0.1) is 0 Å². The molecule has 1 aromatic carbocycles. The molecule has 0 aliphatic rings. The molecule has 0 atom stereocenters. The molecule has 1 rings (SSSR count). The molecule has 18 heavy (non-hydrogen) atoms. The number of methoxy groups -OCH3 is 2. The van der Waals surface area contributed by atoms with Crippen LogP contribution in [0.4, 0.5) is 4.79 Å². The van der Waals surface area contributed by atoms with Crippen LogP contribution in [0.3, 0.4) is 0 Å². The highest BCUT2D eigenvalue weighted by Crippen LogP contribution is 1.99. The van der Waals surface area contributed by atoms with Crippen LogP contribution < -0.4 is 10.6 Å². The molecule has 0 saturated carbocycles. The van der Waals surface area contributed by atoms with Gasteiger partial charge in [-0.05, 0) is 11.6 Å². The van der Waals surface area contributed by atoms with Crippen molar-refractivity contribution in [3.8, 4) is 0 Å². The van der Waals surface area contributed by atoms with Crippen LogP contribution in [0.5, 0.6) is 0 Å². The van der Waals surface area contributed by atoms with Crippen LogP contribution in [0.25, 0.3) is 6.08 Å². The summed E-state index contributed by atoms with van der Waals surface area (Å²) < 4.78 is 9.88. The molecule has 2 N–H and O–H groups in total. The fourth-order valence-corrected chi connectivity index (χ4v) is 1.27. The van der Waals surface area contributed by atoms with Gasteiger partial charge in [0.1, 0.15) is 0 Å². The Balaban J connectivity index is 2.27. The van der Waals surface area contributed by atoms with Gasteiger partial charge in [-0.15, -0.1) is 0 Å². The third kappa shape index (κ3) is 5.47. The summed E-state index contributed by atoms with van der Waals surface area (Å²) in [6.07, 6.45) is 2.96. The minimum atomic E-state index is -0.436. The standard InChI is InChI=1S/C13H18N2O3/c1-17-12(18-2)10-15-13(16)14-9-8-11-6-4-3-5-7-11/h3-9,12H,10H2,1-2H3,(H2,14,15,16)/b9-8+. The zero-order valence-corrected chi connectivity index (χ0v) is 10.6. The molecule has 0 bridgehead atoms. The lowest BCUT2D eigenvalue weighted by Crippen LogP contribution is -2.38. The van der Waals surface area contributed by atoms with Gasteiger partial charge in [-0.1, -0.05) is 30.3 Å². The average Bonchev–Trinajstić information content (AvgIpc) is 2.41. The number of urea groups is 1. The Bertz CT molecular complexity index is 375. The van der Waals surface area contributed by atoms with E-state index in [0.717, 1.165) is 5.56 Å². The third-order valence-corrected chi connectivity index (χ3v) is 2.24. The third-order valence-electron chi connectivity index (χ3n) is 2.24. The van der Waals surface area contributed by atoms with Crippen molar-refractivity contribution in [2.24, 2.45) is 0 Å². The summed E-state index contributed by atoms with van der Waals surface area (Å²) in [7, 11) is 3.03. The number of hydrogen-bond donors (Lipinski definition) is 2. The summed E-state index contributed by atoms with van der Waals surface area (Å²) in [5.41, 5.74) is 1.02. The molecular weight excluding hydrogens is 232 g/mol. The fraction of sp³-hybridized carbons (Fsp3) is 0.308. The first-order chi connectivity index (χ1) is 8.76. The van der Waals surface area contributed by atoms with E-state index in [4.69, 9.17) is 9.47 Å². The minimum absolute atomic E-state index is 0.290. The molecule has 2 amide bonds. The number of amides is 2. The Morgan fingerprint density at radius 1 is 1.28 bits per heavy atom. The summed E-state index contributed by atoms with van der Waals surface area (Å²) in [4.78, 5) is 11.4. The predicted molar refractivity (Wildman–Crippen MR) is 69.8 cm³/mol. The lowest BCUT2D eigenvalue weighted by molar-refractivity contribution is -0.0971. The molecular formula is C13H18N2O3. The molecule has 0 saturated heterocycles. The second kappa shape index (κ2) is 8.27. The highest BCUT2D eigenvalue weighted by molar-refractivity contribution is 5.75. The van der Waals surface area contributed by atoms with Gasteiger partial charge < -0.3 is 20.1 Å². The van der Waals surface area contributed by atoms with E-state index in [1.165, 1.54) is 14.2 Å². The Morgan fingerprint density at radius 2 is 1.94 bits per heavy atom. The molecule has 0 aromatic heterocycles. The molecule has 0 radical (unpaired) electrons. The van der Waals surface area contributed by atoms with Gasteiger partial charge in [0.15, 0.2) is 6.29 Å². The molecule has 0 aliphatic heterocycles. The van der Waals surface area contributed by atoms with E-state index < -0.39 is 6.29 Å². The summed E-state index contributed by atoms with van der Waals surface area (Å²) in [5, 5.41) is 5.21. The summed E-state index contributed by atoms with van der Waals surface area (Å²) in [6, 6.07) is 9.39. The lowest BCUT2D eigenvalue weighted by atomic mass is 10.2. The first-order valence-electron chi connectivity index (χ1n) is 5.58. The molecule has 5 heteroatoms. The number of carbonyl (C=O) groups excluding carboxylic acids is 1. The maximum atomic E-state index is 11.4. The van der Waals surface area contributed by atoms with Crippen molar-refractivity contribution >= 4 is 12.1 Å². The second-order valence-corrected chi connectivity index (χ2v) is 3.50. The maximum absolute atomic E-state index is 11.4. The Hall–Kier alpha value is -1.85. The fourth-order valence-electron chi connectivity index (χ4n) is 1.27. The van der Waals surface area contributed by atoms with E-state index >= 15 is 0 Å². The van der Waals surface area contributed by atoms with Crippen LogP contribution in [-0.2, 0) is 9.47 Å². The van der Waals surface area contributed by atoms with Gasteiger partial charge in [-0.2, -0.15) is 0 Å². The van der Waals surface area contributed by atoms with Gasteiger partial charge in [0.05, 0.1) is 6.54 Å². The zero-order chi connectivity index (χ0) is 13.2. The van der Waals surface area contributed by atoms with Crippen molar-refractivity contribution in [2.75, 3.05) is 20.8 Å². The van der Waals surface area contributed by atoms with E-state index in [2.05, 4.69) is 10.6 Å². The molecule has 98 valence electrons. The van der Waals surface area contributed by atoms with E-state index in [9.17, 15) is 4.79 Å². The average molecular weight is 250 g/mol. The molecule has 5 nitrogen and oxygen atoms in total. The highest BCUT2D eigenvalue weighted by atomic mass is 16.7. The largest absolute Gasteiger partial charge is 0.354 e. The normalized spacial score (nSPS) is 10.8. The number of hydrogen-bond acceptors (Lipinski definition) is 3. The van der Waals surface area contributed by atoms with Gasteiger partial charge in [0.25, 0.3) is 0 Å². The second-order valence-electron chi connectivity index (χ2n) is 3.50. The lowest BCUT2D eigenvalue weighted by Gasteiger charge is -2.13. The van der Waals surface area contributed by atoms with Crippen molar-refractivity contribution < 1.29 is 14.3 Å². The highest BCUT2D eigenvalue weighted by Gasteiger charge is 2.05. The van der Waals surface area contributed by atoms with Gasteiger partial charge in [0.2, 0.25) is 0 Å².